The van der Waals surface area contributed by atoms with Crippen LogP contribution in [0.4, 0.5) is 22.7 Å². The topological polar surface area (TPSA) is 304 Å². The standard InChI is InChI=1S/C37H44I2N2O5S.C27H33NO3S.C17H21I2NO2.HI.2O3S/c1-6-7-17-28(35(42)43)37(4)33(40(5)31-25-26(38)24-29(39)34(31)37)21-12-10-8-9-11-20-32-36(2,3)27-18-13-14-19-30(27)41(32)22-15-16-23-47(44,45)46;1-27(2)24-18-11-12-19-25(24)28(21-13-14-22-32(29,30)31)26(27)20-10-5-3-4-7-15-23-16-8-6-9-17-23;1-11-17(2,8-6-4-5-7-15(21)22)16-13(19)9-12(18)10-14(16)20(11)3;;2*1-4(2)3/h8-14,18-21,24-25,28H,6-7,15-17,22-23H2,1-5H3,(H-,42,43,44,45,46);3-12,16,18-20,23H,13-15,17,21-22H2,1-2H3;9-10H,4-8H2,1-3H3;1H;;/b;5-3+,7-4+,20-10+;;;;. The molecule has 1 aliphatic carbocycles. The molecule has 110 heavy (non-hydrogen) atoms. The fraction of sp³-hybridized carbons (Fsp3) is 0.420. The second-order valence-electron chi connectivity index (χ2n) is 28.4. The van der Waals surface area contributed by atoms with E-state index >= 15 is 0 Å². The monoisotopic (exact) mass is 2150 g/mol. The number of anilines is 1. The van der Waals surface area contributed by atoms with Crippen molar-refractivity contribution < 1.29 is 109 Å². The lowest BCUT2D eigenvalue weighted by Gasteiger charge is -2.35. The maximum absolute atomic E-state index is 12.7. The van der Waals surface area contributed by atoms with Gasteiger partial charge in [0.15, 0.2) is 17.1 Å². The summed E-state index contributed by atoms with van der Waals surface area (Å²) in [6.45, 7) is 18.8. The van der Waals surface area contributed by atoms with E-state index in [-0.39, 0.29) is 58.1 Å². The highest BCUT2D eigenvalue weighted by atomic mass is 127. The van der Waals surface area contributed by atoms with E-state index in [9.17, 15) is 40.6 Å². The minimum atomic E-state index is -4.23. The molecule has 4 heterocycles. The number of unbranched alkanes of at least 4 members (excludes halogenated alkanes) is 5. The summed E-state index contributed by atoms with van der Waals surface area (Å²) in [6.07, 6.45) is 46.0. The first kappa shape index (κ1) is 97.4. The maximum atomic E-state index is 12.7. The predicted molar refractivity (Wildman–Crippen MR) is 464 cm³/mol. The van der Waals surface area contributed by atoms with Crippen LogP contribution in [0.15, 0.2) is 182 Å². The summed E-state index contributed by atoms with van der Waals surface area (Å²) >= 11 is 9.50. The zero-order valence-corrected chi connectivity index (χ0v) is 77.6. The van der Waals surface area contributed by atoms with E-state index < -0.39 is 64.7 Å². The van der Waals surface area contributed by atoms with Crippen molar-refractivity contribution in [2.45, 2.75) is 167 Å². The van der Waals surface area contributed by atoms with Crippen LogP contribution in [0.3, 0.4) is 0 Å². The van der Waals surface area contributed by atoms with Gasteiger partial charge in [0.05, 0.1) is 48.0 Å². The Balaban J connectivity index is 0.000000350. The largest absolute Gasteiger partial charge is 1.00 e. The van der Waals surface area contributed by atoms with Crippen LogP contribution in [0.2, 0.25) is 0 Å². The molecule has 0 fully saturated rings. The molecule has 9 rings (SSSR count). The molecule has 4 aliphatic heterocycles. The number of carboxylic acid groups (broad SMARTS) is 2. The van der Waals surface area contributed by atoms with Crippen molar-refractivity contribution in [1.29, 1.82) is 0 Å². The summed E-state index contributed by atoms with van der Waals surface area (Å²) in [5.41, 5.74) is 13.3. The number of para-hydroxylation sites is 2. The molecule has 4 unspecified atom stereocenters. The fourth-order valence-electron chi connectivity index (χ4n) is 14.8. The molecule has 0 aromatic heterocycles. The smallest absolute Gasteiger partial charge is 0.425 e. The van der Waals surface area contributed by atoms with E-state index in [1.54, 1.807) is 0 Å². The Morgan fingerprint density at radius 3 is 1.60 bits per heavy atom. The number of nitrogens with zero attached hydrogens (tertiary/aromatic N) is 4. The zero-order valence-electron chi connectivity index (χ0n) is 63.5. The number of likely N-dealkylation sites (N-methyl/N-ethyl adjacent to an activating group) is 1. The molecule has 0 radical (unpaired) electrons. The molecular weight excluding hydrogens is 2050 g/mol. The van der Waals surface area contributed by atoms with Crippen LogP contribution in [0.1, 0.15) is 168 Å². The van der Waals surface area contributed by atoms with Crippen molar-refractivity contribution in [3.63, 3.8) is 0 Å². The Hall–Kier alpha value is -5.00. The first-order chi connectivity index (χ1) is 51.2. The average molecular weight is 2150 g/mol. The minimum absolute atomic E-state index is 0. The molecule has 0 spiro atoms. The Morgan fingerprint density at radius 2 is 1.12 bits per heavy atom. The van der Waals surface area contributed by atoms with E-state index in [2.05, 4.69) is 287 Å². The Bertz CT molecular complexity index is 4810. The van der Waals surface area contributed by atoms with Gasteiger partial charge in [0.1, 0.15) is 20.1 Å². The van der Waals surface area contributed by atoms with Crippen LogP contribution in [0, 0.1) is 26.1 Å². The number of hydrogen-bond donors (Lipinski definition) is 2. The third-order valence-corrected chi connectivity index (χ3v) is 24.8. The number of carbonyl (C=O) groups is 2. The fourth-order valence-corrected chi connectivity index (χ4v) is 20.6. The van der Waals surface area contributed by atoms with Crippen molar-refractivity contribution in [1.82, 2.24) is 0 Å². The van der Waals surface area contributed by atoms with E-state index in [0.717, 1.165) is 92.5 Å². The van der Waals surface area contributed by atoms with Gasteiger partial charge in [-0.15, -0.1) is 25.3 Å². The summed E-state index contributed by atoms with van der Waals surface area (Å²) in [5.74, 6) is -2.07. The highest BCUT2D eigenvalue weighted by Crippen LogP contribution is 2.55. The number of hydrogen-bond acceptors (Lipinski definition) is 15. The SMILES string of the molecule is CC1(C)C(/C=C/C=C/C=C/CC2C=CC=CC2)=[N+](CCCCS(=O)(=O)[O-])c2ccccc21.CC1=[N+](C)c2cc(I)cc(I)c2C1(C)CCCCCC(=O)O.CCCCC(C(=O)O)C1(C)/C(=C/C=C/C=C/C=C/C2=[N+](CCCCS(=O)(=O)[O-])c3ccccc3C2(C)C)N(C)c2cc(I)cc(I)c21.O=S(=O)=O.O=S(=O)=O.[I-]. The number of allylic oxidation sites excluding steroid dienone is 18. The molecule has 4 aromatic rings. The number of carboxylic acids is 2. The lowest BCUT2D eigenvalue weighted by molar-refractivity contribution is -0.438. The van der Waals surface area contributed by atoms with Crippen LogP contribution in [0.25, 0.3) is 0 Å². The quantitative estimate of drug-likeness (QED) is 0.0161. The molecule has 29 heteroatoms. The van der Waals surface area contributed by atoms with E-state index in [4.69, 9.17) is 30.4 Å². The van der Waals surface area contributed by atoms with Gasteiger partial charge in [-0.3, -0.25) is 9.59 Å². The van der Waals surface area contributed by atoms with Crippen LogP contribution < -0.4 is 28.9 Å². The highest BCUT2D eigenvalue weighted by Gasteiger charge is 2.52. The van der Waals surface area contributed by atoms with Gasteiger partial charge in [-0.05, 0) is 207 Å². The summed E-state index contributed by atoms with van der Waals surface area (Å²) in [4.78, 5) is 25.5. The van der Waals surface area contributed by atoms with Crippen LogP contribution in [-0.4, -0.2) is 143 Å². The lowest BCUT2D eigenvalue weighted by atomic mass is 9.69. The van der Waals surface area contributed by atoms with Gasteiger partial charge in [-0.25, -0.2) is 21.4 Å². The second-order valence-corrected chi connectivity index (χ2v) is 37.1. The summed E-state index contributed by atoms with van der Waals surface area (Å²) in [5, 5.41) is 19.2. The molecule has 0 saturated carbocycles. The molecule has 5 aliphatic rings. The number of aliphatic carboxylic acids is 2. The number of fused-ring (bicyclic) bond motifs is 4. The Labute approximate surface area is 725 Å². The molecule has 0 bridgehead atoms. The summed E-state index contributed by atoms with van der Waals surface area (Å²) in [6, 6.07) is 25.4. The summed E-state index contributed by atoms with van der Waals surface area (Å²) < 4.78 is 128. The van der Waals surface area contributed by atoms with Crippen LogP contribution in [-0.2, 0) is 72.7 Å². The second kappa shape index (κ2) is 45.3. The number of benzene rings is 4. The minimum Gasteiger partial charge on any atom is -1.00 e. The van der Waals surface area contributed by atoms with Crippen molar-refractivity contribution in [2.75, 3.05) is 43.6 Å². The van der Waals surface area contributed by atoms with Gasteiger partial charge in [-0.2, -0.15) is 9.15 Å². The molecule has 4 aromatic carbocycles. The van der Waals surface area contributed by atoms with E-state index in [0.29, 0.717) is 51.1 Å². The van der Waals surface area contributed by atoms with Crippen molar-refractivity contribution in [3.8, 4) is 0 Å². The van der Waals surface area contributed by atoms with Gasteiger partial charge in [0, 0.05) is 123 Å². The van der Waals surface area contributed by atoms with Gasteiger partial charge in [0.2, 0.25) is 17.1 Å². The molecule has 20 nitrogen and oxygen atoms in total. The van der Waals surface area contributed by atoms with Gasteiger partial charge in [0.25, 0.3) is 0 Å². The van der Waals surface area contributed by atoms with Crippen LogP contribution >= 0.6 is 90.4 Å². The predicted octanol–water partition coefficient (Wildman–Crippen LogP) is 14.0. The number of rotatable bonds is 30. The van der Waals surface area contributed by atoms with Gasteiger partial charge in [-0.1, -0.05) is 154 Å². The third kappa shape index (κ3) is 27.9. The van der Waals surface area contributed by atoms with Crippen molar-refractivity contribution in [2.24, 2.45) is 11.8 Å². The zero-order chi connectivity index (χ0) is 81.2. The Morgan fingerprint density at radius 1 is 0.636 bits per heavy atom. The molecule has 4 atom stereocenters. The molecule has 0 saturated heterocycles. The summed E-state index contributed by atoms with van der Waals surface area (Å²) in [7, 11) is -10.4. The molecule has 0 amide bonds. The normalized spacial score (nSPS) is 19.3. The maximum Gasteiger partial charge on any atom is 0.425 e. The van der Waals surface area contributed by atoms with E-state index in [1.165, 1.54) is 40.9 Å². The number of halogens is 5. The third-order valence-electron chi connectivity index (χ3n) is 20.3. The van der Waals surface area contributed by atoms with Gasteiger partial charge >= 0.3 is 33.2 Å². The van der Waals surface area contributed by atoms with E-state index in [1.807, 2.05) is 67.8 Å². The van der Waals surface area contributed by atoms with Crippen LogP contribution in [0.5, 0.6) is 0 Å². The Kier molecular flexibility index (Phi) is 40.1. The van der Waals surface area contributed by atoms with Crippen molar-refractivity contribution >= 4 is 184 Å². The molecule has 598 valence electrons. The van der Waals surface area contributed by atoms with Crippen molar-refractivity contribution in [3.05, 3.63) is 218 Å². The van der Waals surface area contributed by atoms with Gasteiger partial charge < -0.3 is 48.2 Å². The average Bonchev–Trinajstić information content (AvgIpc) is 1.56. The first-order valence-electron chi connectivity index (χ1n) is 35.9. The highest BCUT2D eigenvalue weighted by molar-refractivity contribution is 14.1. The molecular formula is C81H99I5N4O16S4. The lowest BCUT2D eigenvalue weighted by Crippen LogP contribution is -3.00. The first-order valence-corrected chi connectivity index (χ1v) is 45.3. The molecule has 2 N–H and O–H groups in total.